The lowest BCUT2D eigenvalue weighted by atomic mass is 10.0. The zero-order valence-electron chi connectivity index (χ0n) is 18.0. The highest BCUT2D eigenvalue weighted by Gasteiger charge is 2.29. The second-order valence-corrected chi connectivity index (χ2v) is 7.87. The zero-order chi connectivity index (χ0) is 21.5. The second kappa shape index (κ2) is 10.4. The molecule has 2 aromatic carbocycles. The van der Waals surface area contributed by atoms with Crippen LogP contribution in [0, 0.1) is 0 Å². The van der Waals surface area contributed by atoms with Gasteiger partial charge in [-0.05, 0) is 75.2 Å². The van der Waals surface area contributed by atoms with Gasteiger partial charge in [-0.2, -0.15) is 0 Å². The number of carbonyl (C=O) groups is 1. The van der Waals surface area contributed by atoms with Crippen molar-refractivity contribution in [3.8, 4) is 17.2 Å². The van der Waals surface area contributed by atoms with Crippen LogP contribution in [0.25, 0.3) is 0 Å². The van der Waals surface area contributed by atoms with Crippen LogP contribution in [0.1, 0.15) is 36.0 Å². The molecule has 0 atom stereocenters. The molecule has 2 aromatic rings. The molecule has 0 bridgehead atoms. The molecule has 4 rings (SSSR count). The summed E-state index contributed by atoms with van der Waals surface area (Å²) in [5.41, 5.74) is 0.645. The Kier molecular flexibility index (Phi) is 7.10. The minimum Gasteiger partial charge on any atom is -0.497 e. The van der Waals surface area contributed by atoms with Crippen LogP contribution in [0.2, 0.25) is 0 Å². The monoisotopic (exact) mass is 422 g/mol. The largest absolute Gasteiger partial charge is 0.497 e. The second-order valence-electron chi connectivity index (χ2n) is 7.87. The summed E-state index contributed by atoms with van der Waals surface area (Å²) < 4.78 is 16.9. The first kappa shape index (κ1) is 21.2. The van der Waals surface area contributed by atoms with E-state index in [0.717, 1.165) is 56.8 Å². The number of fused-ring (bicyclic) bond motifs is 1. The topological polar surface area (TPSA) is 60.0 Å². The first-order chi connectivity index (χ1) is 15.2. The molecule has 2 heterocycles. The highest BCUT2D eigenvalue weighted by atomic mass is 16.5. The van der Waals surface area contributed by atoms with Crippen LogP contribution in [0.5, 0.6) is 17.2 Å². The van der Waals surface area contributed by atoms with E-state index in [4.69, 9.17) is 14.2 Å². The van der Waals surface area contributed by atoms with Crippen LogP contribution in [-0.4, -0.2) is 50.1 Å². The number of methoxy groups -OCH3 is 1. The number of hydrogen-bond donors (Lipinski definition) is 1. The van der Waals surface area contributed by atoms with Gasteiger partial charge in [-0.15, -0.1) is 0 Å². The van der Waals surface area contributed by atoms with Crippen LogP contribution in [0.3, 0.4) is 0 Å². The van der Waals surface area contributed by atoms with Gasteiger partial charge in [0.25, 0.3) is 0 Å². The highest BCUT2D eigenvalue weighted by molar-refractivity contribution is 6.12. The zero-order valence-corrected chi connectivity index (χ0v) is 18.0. The summed E-state index contributed by atoms with van der Waals surface area (Å²) in [6.07, 6.45) is 5.97. The van der Waals surface area contributed by atoms with Gasteiger partial charge >= 0.3 is 0 Å². The van der Waals surface area contributed by atoms with Crippen LogP contribution in [0.4, 0.5) is 0 Å². The number of rotatable bonds is 9. The first-order valence-electron chi connectivity index (χ1n) is 11.0. The molecule has 0 saturated carbocycles. The average molecular weight is 423 g/mol. The fourth-order valence-electron chi connectivity index (χ4n) is 4.03. The third kappa shape index (κ3) is 5.39. The third-order valence-corrected chi connectivity index (χ3v) is 5.77. The standard InChI is InChI=1S/C25H30N2O4/c1-29-20-8-10-21(11-9-20)30-17-5-4-16-27(19-12-14-26-15-13-19)18-24-25(28)22-6-2-3-7-23(22)31-24/h2-3,6-11,18-19,26H,4-5,12-17H2,1H3. The van der Waals surface area contributed by atoms with Gasteiger partial charge in [-0.3, -0.25) is 4.79 Å². The van der Waals surface area contributed by atoms with Gasteiger partial charge in [0, 0.05) is 18.8 Å². The van der Waals surface area contributed by atoms with Gasteiger partial charge in [0.2, 0.25) is 5.78 Å². The lowest BCUT2D eigenvalue weighted by Crippen LogP contribution is -2.41. The summed E-state index contributed by atoms with van der Waals surface area (Å²) in [5.74, 6) is 2.72. The maximum absolute atomic E-state index is 12.7. The van der Waals surface area contributed by atoms with Crippen molar-refractivity contribution in [3.63, 3.8) is 0 Å². The van der Waals surface area contributed by atoms with E-state index in [2.05, 4.69) is 10.2 Å². The maximum atomic E-state index is 12.7. The number of hydrogen-bond acceptors (Lipinski definition) is 6. The Morgan fingerprint density at radius 1 is 1.06 bits per heavy atom. The molecule has 1 saturated heterocycles. The summed E-state index contributed by atoms with van der Waals surface area (Å²) >= 11 is 0. The van der Waals surface area contributed by atoms with E-state index in [0.29, 0.717) is 29.7 Å². The van der Waals surface area contributed by atoms with E-state index in [-0.39, 0.29) is 5.78 Å². The first-order valence-corrected chi connectivity index (χ1v) is 11.0. The number of ketones is 1. The summed E-state index contributed by atoms with van der Waals surface area (Å²) in [5, 5.41) is 3.41. The summed E-state index contributed by atoms with van der Waals surface area (Å²) in [6, 6.07) is 15.5. The molecule has 31 heavy (non-hydrogen) atoms. The van der Waals surface area contributed by atoms with Crippen LogP contribution in [-0.2, 0) is 0 Å². The van der Waals surface area contributed by atoms with Gasteiger partial charge in [-0.25, -0.2) is 0 Å². The van der Waals surface area contributed by atoms with Crippen LogP contribution in [0.15, 0.2) is 60.5 Å². The van der Waals surface area contributed by atoms with Crippen molar-refractivity contribution < 1.29 is 19.0 Å². The molecule has 6 heteroatoms. The Labute approximate surface area is 183 Å². The minimum atomic E-state index is -0.0302. The normalized spacial score (nSPS) is 17.3. The maximum Gasteiger partial charge on any atom is 0.233 e. The van der Waals surface area contributed by atoms with E-state index in [9.17, 15) is 4.79 Å². The van der Waals surface area contributed by atoms with Gasteiger partial charge in [0.05, 0.1) is 19.3 Å². The minimum absolute atomic E-state index is 0.0302. The summed E-state index contributed by atoms with van der Waals surface area (Å²) in [4.78, 5) is 15.0. The number of benzene rings is 2. The molecule has 0 radical (unpaired) electrons. The molecule has 0 amide bonds. The van der Waals surface area contributed by atoms with Crippen LogP contribution >= 0.6 is 0 Å². The number of nitrogens with one attached hydrogen (secondary N) is 1. The molecule has 2 aliphatic heterocycles. The molecule has 0 aromatic heterocycles. The Morgan fingerprint density at radius 3 is 2.55 bits per heavy atom. The number of unbranched alkanes of at least 4 members (excludes halogenated alkanes) is 1. The Balaban J connectivity index is 1.33. The fourth-order valence-corrected chi connectivity index (χ4v) is 4.03. The molecule has 1 N–H and O–H groups in total. The van der Waals surface area contributed by atoms with Crippen molar-refractivity contribution in [1.82, 2.24) is 10.2 Å². The molecule has 164 valence electrons. The smallest absolute Gasteiger partial charge is 0.233 e. The lowest BCUT2D eigenvalue weighted by Gasteiger charge is -2.34. The predicted octanol–water partition coefficient (Wildman–Crippen LogP) is 4.02. The van der Waals surface area contributed by atoms with Gasteiger partial charge in [-0.1, -0.05) is 12.1 Å². The molecule has 0 spiro atoms. The van der Waals surface area contributed by atoms with E-state index in [1.807, 2.05) is 54.7 Å². The fraction of sp³-hybridized carbons (Fsp3) is 0.400. The van der Waals surface area contributed by atoms with E-state index in [1.165, 1.54) is 0 Å². The van der Waals surface area contributed by atoms with Crippen molar-refractivity contribution in [1.29, 1.82) is 0 Å². The van der Waals surface area contributed by atoms with Crippen molar-refractivity contribution in [2.75, 3.05) is 33.4 Å². The van der Waals surface area contributed by atoms with Crippen molar-refractivity contribution in [2.24, 2.45) is 0 Å². The quantitative estimate of drug-likeness (QED) is 0.486. The number of nitrogens with zero attached hydrogens (tertiary/aromatic N) is 1. The Morgan fingerprint density at radius 2 is 1.81 bits per heavy atom. The number of ether oxygens (including phenoxy) is 3. The average Bonchev–Trinajstić information content (AvgIpc) is 3.14. The summed E-state index contributed by atoms with van der Waals surface area (Å²) in [7, 11) is 1.65. The van der Waals surface area contributed by atoms with Crippen molar-refractivity contribution >= 4 is 5.78 Å². The van der Waals surface area contributed by atoms with Gasteiger partial charge in [0.15, 0.2) is 5.76 Å². The third-order valence-electron chi connectivity index (χ3n) is 5.77. The molecular weight excluding hydrogens is 392 g/mol. The van der Waals surface area contributed by atoms with Crippen molar-refractivity contribution in [3.05, 3.63) is 66.1 Å². The molecule has 6 nitrogen and oxygen atoms in total. The van der Waals surface area contributed by atoms with E-state index < -0.39 is 0 Å². The van der Waals surface area contributed by atoms with Crippen molar-refractivity contribution in [2.45, 2.75) is 31.7 Å². The Hall–Kier alpha value is -2.99. The lowest BCUT2D eigenvalue weighted by molar-refractivity contribution is 0.100. The number of allylic oxidation sites excluding steroid dienone is 1. The number of para-hydroxylation sites is 1. The highest BCUT2D eigenvalue weighted by Crippen LogP contribution is 2.31. The molecule has 1 fully saturated rings. The van der Waals surface area contributed by atoms with Gasteiger partial charge < -0.3 is 24.4 Å². The van der Waals surface area contributed by atoms with E-state index >= 15 is 0 Å². The SMILES string of the molecule is COc1ccc(OCCCCN(C=C2Oc3ccccc3C2=O)C2CCNCC2)cc1. The predicted molar refractivity (Wildman–Crippen MR) is 120 cm³/mol. The molecule has 2 aliphatic rings. The van der Waals surface area contributed by atoms with E-state index in [1.54, 1.807) is 7.11 Å². The summed E-state index contributed by atoms with van der Waals surface area (Å²) in [6.45, 7) is 3.52. The number of carbonyl (C=O) groups excluding carboxylic acids is 1. The molecule has 0 aliphatic carbocycles. The Bertz CT molecular complexity index is 904. The number of piperidine rings is 1. The van der Waals surface area contributed by atoms with Crippen LogP contribution < -0.4 is 19.5 Å². The van der Waals surface area contributed by atoms with Gasteiger partial charge in [0.1, 0.15) is 17.2 Å². The number of Topliss-reactive ketones (excluding diaryl/α,β-unsaturated/α-hetero) is 1. The molecular formula is C25H30N2O4. The molecule has 0 unspecified atom stereocenters.